The zero-order valence-corrected chi connectivity index (χ0v) is 12.2. The minimum Gasteiger partial charge on any atom is -0.478 e. The Kier molecular flexibility index (Phi) is 4.98. The standard InChI is InChI=1S/C15H18N2O5/c1-2-22-14(20)8-10-7-11-9-17(6-4-13(18)19)5-3-12(11)16-15(10)21/h3-6,10H,2,7-9H2,1H3,(H,16,21)(H,18,19)/b6-4+. The molecule has 7 nitrogen and oxygen atoms in total. The van der Waals surface area contributed by atoms with Gasteiger partial charge in [0.15, 0.2) is 0 Å². The molecule has 0 saturated carbocycles. The molecular weight excluding hydrogens is 288 g/mol. The molecule has 0 aliphatic carbocycles. The summed E-state index contributed by atoms with van der Waals surface area (Å²) in [6.45, 7) is 2.49. The molecule has 0 aromatic heterocycles. The van der Waals surface area contributed by atoms with Crippen LogP contribution in [0.3, 0.4) is 0 Å². The van der Waals surface area contributed by atoms with Gasteiger partial charge in [-0.25, -0.2) is 4.79 Å². The number of aliphatic carboxylic acids is 1. The van der Waals surface area contributed by atoms with Gasteiger partial charge in [0.2, 0.25) is 5.91 Å². The van der Waals surface area contributed by atoms with E-state index in [2.05, 4.69) is 5.32 Å². The zero-order valence-electron chi connectivity index (χ0n) is 12.2. The molecule has 2 rings (SSSR count). The van der Waals surface area contributed by atoms with E-state index in [1.165, 1.54) is 6.20 Å². The van der Waals surface area contributed by atoms with Crippen LogP contribution in [0.15, 0.2) is 35.8 Å². The van der Waals surface area contributed by atoms with Crippen molar-refractivity contribution in [2.45, 2.75) is 19.8 Å². The van der Waals surface area contributed by atoms with Crippen molar-refractivity contribution in [2.75, 3.05) is 13.2 Å². The predicted molar refractivity (Wildman–Crippen MR) is 77.1 cm³/mol. The summed E-state index contributed by atoms with van der Waals surface area (Å²) in [5.41, 5.74) is 1.69. The fourth-order valence-electron chi connectivity index (χ4n) is 2.42. The fourth-order valence-corrected chi connectivity index (χ4v) is 2.42. The number of nitrogens with one attached hydrogen (secondary N) is 1. The maximum Gasteiger partial charge on any atom is 0.329 e. The number of ether oxygens (including phenoxy) is 1. The molecule has 1 atom stereocenters. The summed E-state index contributed by atoms with van der Waals surface area (Å²) >= 11 is 0. The number of amides is 1. The van der Waals surface area contributed by atoms with Crippen LogP contribution in [0.1, 0.15) is 19.8 Å². The van der Waals surface area contributed by atoms with Crippen LogP contribution in [0.2, 0.25) is 0 Å². The molecule has 0 fully saturated rings. The lowest BCUT2D eigenvalue weighted by molar-refractivity contribution is -0.146. The number of rotatable bonds is 5. The average Bonchev–Trinajstić information content (AvgIpc) is 2.46. The lowest BCUT2D eigenvalue weighted by Crippen LogP contribution is -2.39. The number of hydrogen-bond acceptors (Lipinski definition) is 5. The molecule has 0 aromatic carbocycles. The van der Waals surface area contributed by atoms with E-state index in [0.717, 1.165) is 17.3 Å². The second-order valence-electron chi connectivity index (χ2n) is 5.06. The summed E-state index contributed by atoms with van der Waals surface area (Å²) in [5.74, 6) is -2.05. The number of carbonyl (C=O) groups is 3. The zero-order chi connectivity index (χ0) is 16.1. The van der Waals surface area contributed by atoms with E-state index in [9.17, 15) is 14.4 Å². The van der Waals surface area contributed by atoms with Gasteiger partial charge in [0.05, 0.1) is 18.9 Å². The van der Waals surface area contributed by atoms with Gasteiger partial charge < -0.3 is 20.1 Å². The summed E-state index contributed by atoms with van der Waals surface area (Å²) in [5, 5.41) is 11.4. The number of carboxylic acid groups (broad SMARTS) is 1. The van der Waals surface area contributed by atoms with E-state index in [0.29, 0.717) is 13.0 Å². The lowest BCUT2D eigenvalue weighted by atomic mass is 9.89. The molecule has 2 aliphatic heterocycles. The third-order valence-electron chi connectivity index (χ3n) is 3.44. The summed E-state index contributed by atoms with van der Waals surface area (Å²) in [7, 11) is 0. The van der Waals surface area contributed by atoms with Crippen LogP contribution in [0.5, 0.6) is 0 Å². The van der Waals surface area contributed by atoms with Crippen molar-refractivity contribution in [3.8, 4) is 0 Å². The third kappa shape index (κ3) is 3.97. The van der Waals surface area contributed by atoms with Crippen LogP contribution in [-0.4, -0.2) is 41.0 Å². The van der Waals surface area contributed by atoms with Crippen LogP contribution in [0.25, 0.3) is 0 Å². The first-order valence-electron chi connectivity index (χ1n) is 7.03. The Morgan fingerprint density at radius 2 is 2.32 bits per heavy atom. The highest BCUT2D eigenvalue weighted by atomic mass is 16.5. The Balaban J connectivity index is 2.02. The monoisotopic (exact) mass is 306 g/mol. The van der Waals surface area contributed by atoms with Gasteiger partial charge in [0, 0.05) is 30.7 Å². The van der Waals surface area contributed by atoms with Gasteiger partial charge in [0.25, 0.3) is 0 Å². The Bertz CT molecular complexity index is 576. The molecule has 0 radical (unpaired) electrons. The van der Waals surface area contributed by atoms with Crippen LogP contribution < -0.4 is 5.32 Å². The Labute approximate surface area is 127 Å². The van der Waals surface area contributed by atoms with Crippen LogP contribution in [0.4, 0.5) is 0 Å². The molecule has 2 aliphatic rings. The number of esters is 1. The SMILES string of the molecule is CCOC(=O)CC1CC2=C(C=CN(/C=C/C(=O)O)C2)NC1=O. The molecule has 1 unspecified atom stereocenters. The maximum atomic E-state index is 12.0. The average molecular weight is 306 g/mol. The first-order valence-corrected chi connectivity index (χ1v) is 7.03. The van der Waals surface area contributed by atoms with Gasteiger partial charge in [-0.15, -0.1) is 0 Å². The predicted octanol–water partition coefficient (Wildman–Crippen LogP) is 0.757. The fraction of sp³-hybridized carbons (Fsp3) is 0.400. The quantitative estimate of drug-likeness (QED) is 0.575. The van der Waals surface area contributed by atoms with E-state index in [-0.39, 0.29) is 24.9 Å². The van der Waals surface area contributed by atoms with Crippen molar-refractivity contribution in [3.05, 3.63) is 35.8 Å². The van der Waals surface area contributed by atoms with E-state index in [4.69, 9.17) is 9.84 Å². The minimum atomic E-state index is -1.02. The second kappa shape index (κ2) is 6.93. The van der Waals surface area contributed by atoms with Crippen LogP contribution in [-0.2, 0) is 19.1 Å². The molecule has 0 aromatic rings. The maximum absolute atomic E-state index is 12.0. The third-order valence-corrected chi connectivity index (χ3v) is 3.44. The van der Waals surface area contributed by atoms with Gasteiger partial charge >= 0.3 is 11.9 Å². The van der Waals surface area contributed by atoms with Crippen molar-refractivity contribution < 1.29 is 24.2 Å². The van der Waals surface area contributed by atoms with E-state index in [1.807, 2.05) is 0 Å². The van der Waals surface area contributed by atoms with E-state index < -0.39 is 11.9 Å². The van der Waals surface area contributed by atoms with Crippen molar-refractivity contribution >= 4 is 17.8 Å². The Hall–Kier alpha value is -2.57. The largest absolute Gasteiger partial charge is 0.478 e. The van der Waals surface area contributed by atoms with Gasteiger partial charge in [-0.05, 0) is 25.0 Å². The Morgan fingerprint density at radius 1 is 1.55 bits per heavy atom. The summed E-state index contributed by atoms with van der Waals surface area (Å²) in [4.78, 5) is 35.8. The first kappa shape index (κ1) is 15.8. The van der Waals surface area contributed by atoms with Crippen molar-refractivity contribution in [3.63, 3.8) is 0 Å². The van der Waals surface area contributed by atoms with Crippen LogP contribution in [0, 0.1) is 5.92 Å². The van der Waals surface area contributed by atoms with E-state index >= 15 is 0 Å². The van der Waals surface area contributed by atoms with Crippen molar-refractivity contribution in [1.82, 2.24) is 10.2 Å². The lowest BCUT2D eigenvalue weighted by Gasteiger charge is -2.31. The smallest absolute Gasteiger partial charge is 0.329 e. The van der Waals surface area contributed by atoms with Crippen molar-refractivity contribution in [2.24, 2.45) is 5.92 Å². The molecule has 22 heavy (non-hydrogen) atoms. The van der Waals surface area contributed by atoms with Gasteiger partial charge in [-0.1, -0.05) is 0 Å². The molecule has 0 spiro atoms. The molecule has 118 valence electrons. The summed E-state index contributed by atoms with van der Waals surface area (Å²) in [6, 6.07) is 0. The highest BCUT2D eigenvalue weighted by Gasteiger charge is 2.31. The summed E-state index contributed by atoms with van der Waals surface area (Å²) < 4.78 is 4.88. The number of hydrogen-bond donors (Lipinski definition) is 2. The highest BCUT2D eigenvalue weighted by molar-refractivity contribution is 5.87. The van der Waals surface area contributed by atoms with Gasteiger partial charge in [0.1, 0.15) is 0 Å². The first-order chi connectivity index (χ1) is 10.5. The molecule has 2 heterocycles. The van der Waals surface area contributed by atoms with Crippen LogP contribution >= 0.6 is 0 Å². The van der Waals surface area contributed by atoms with Gasteiger partial charge in [-0.3, -0.25) is 9.59 Å². The topological polar surface area (TPSA) is 95.9 Å². The number of allylic oxidation sites excluding steroid dienone is 1. The Morgan fingerprint density at radius 3 is 3.00 bits per heavy atom. The highest BCUT2D eigenvalue weighted by Crippen LogP contribution is 2.27. The molecule has 7 heteroatoms. The summed E-state index contributed by atoms with van der Waals surface area (Å²) in [6.07, 6.45) is 6.44. The minimum absolute atomic E-state index is 0.0468. The van der Waals surface area contributed by atoms with E-state index in [1.54, 1.807) is 24.1 Å². The molecule has 2 N–H and O–H groups in total. The second-order valence-corrected chi connectivity index (χ2v) is 5.06. The van der Waals surface area contributed by atoms with Gasteiger partial charge in [-0.2, -0.15) is 0 Å². The molecule has 1 amide bonds. The number of carboxylic acids is 1. The normalized spacial score (nSPS) is 20.9. The molecular formula is C15H18N2O5. The number of carbonyl (C=O) groups excluding carboxylic acids is 2. The molecule has 0 bridgehead atoms. The number of nitrogens with zero attached hydrogens (tertiary/aromatic N) is 1. The van der Waals surface area contributed by atoms with Crippen molar-refractivity contribution in [1.29, 1.82) is 0 Å². The molecule has 0 saturated heterocycles.